The van der Waals surface area contributed by atoms with Crippen LogP contribution >= 0.6 is 0 Å². The zero-order valence-electron chi connectivity index (χ0n) is 19.6. The average Bonchev–Trinajstić information content (AvgIpc) is 3.30. The van der Waals surface area contributed by atoms with E-state index in [4.69, 9.17) is 15.2 Å². The molecule has 36 heavy (non-hydrogen) atoms. The summed E-state index contributed by atoms with van der Waals surface area (Å²) in [5.41, 5.74) is 11.3. The fraction of sp³-hybridized carbons (Fsp3) is 0.103. The van der Waals surface area contributed by atoms with E-state index in [0.29, 0.717) is 5.88 Å². The monoisotopic (exact) mass is 479 g/mol. The van der Waals surface area contributed by atoms with E-state index in [9.17, 15) is 9.90 Å². The molecular formula is C29H25N3O4. The minimum atomic E-state index is -0.971. The van der Waals surface area contributed by atoms with Crippen LogP contribution < -0.4 is 15.2 Å². The highest BCUT2D eigenvalue weighted by molar-refractivity contribution is 6.09. The van der Waals surface area contributed by atoms with Crippen LogP contribution in [0.25, 0.3) is 27.9 Å². The molecule has 1 unspecified atom stereocenters. The summed E-state index contributed by atoms with van der Waals surface area (Å²) in [6.07, 6.45) is 3.61. The molecule has 0 fully saturated rings. The number of carboxylic acids is 1. The Hall–Kier alpha value is -4.62. The van der Waals surface area contributed by atoms with Gasteiger partial charge in [-0.25, -0.2) is 9.78 Å². The molecule has 7 heteroatoms. The molecule has 0 saturated heterocycles. The van der Waals surface area contributed by atoms with Crippen LogP contribution in [-0.2, 0) is 0 Å². The first kappa shape index (κ1) is 23.1. The fourth-order valence-electron chi connectivity index (χ4n) is 4.20. The Kier molecular flexibility index (Phi) is 6.38. The molecule has 0 aliphatic rings. The first-order valence-electron chi connectivity index (χ1n) is 11.4. The number of fused-ring (bicyclic) bond motifs is 3. The predicted molar refractivity (Wildman–Crippen MR) is 140 cm³/mol. The minimum Gasteiger partial charge on any atom is -0.487 e. The van der Waals surface area contributed by atoms with Gasteiger partial charge in [-0.05, 0) is 41.0 Å². The van der Waals surface area contributed by atoms with E-state index in [1.807, 2.05) is 42.5 Å². The highest BCUT2D eigenvalue weighted by Gasteiger charge is 2.16. The molecule has 7 nitrogen and oxygen atoms in total. The molecule has 0 saturated carbocycles. The van der Waals surface area contributed by atoms with Crippen LogP contribution in [0.4, 0.5) is 0 Å². The molecule has 5 aromatic rings. The van der Waals surface area contributed by atoms with Crippen molar-refractivity contribution < 1.29 is 19.4 Å². The number of methoxy groups -OCH3 is 1. The fourth-order valence-corrected chi connectivity index (χ4v) is 4.20. The number of pyridine rings is 1. The highest BCUT2D eigenvalue weighted by atomic mass is 16.5. The molecule has 0 aliphatic heterocycles. The van der Waals surface area contributed by atoms with E-state index in [1.54, 1.807) is 43.6 Å². The number of aromatic amines is 1. The number of H-pyrrole nitrogens is 1. The van der Waals surface area contributed by atoms with Crippen molar-refractivity contribution in [1.29, 1.82) is 0 Å². The molecule has 0 radical (unpaired) electrons. The van der Waals surface area contributed by atoms with Gasteiger partial charge < -0.3 is 25.3 Å². The maximum Gasteiger partial charge on any atom is 0.335 e. The standard InChI is InChI=1S/C29H25N3O4/c1-35-26-14-13-20(16-31-26)27(30)21(15-18-9-11-19(12-10-18)29(33)34)17-36-25-8-4-6-23-22-5-2-3-7-24(22)32-28(23)25/h2-16,27,32H,17,30H2,1H3,(H,33,34)/b21-15-. The lowest BCUT2D eigenvalue weighted by Gasteiger charge is -2.18. The lowest BCUT2D eigenvalue weighted by atomic mass is 9.98. The van der Waals surface area contributed by atoms with Crippen molar-refractivity contribution in [3.8, 4) is 11.6 Å². The van der Waals surface area contributed by atoms with Crippen molar-refractivity contribution in [3.63, 3.8) is 0 Å². The maximum atomic E-state index is 11.2. The van der Waals surface area contributed by atoms with Crippen molar-refractivity contribution in [2.75, 3.05) is 13.7 Å². The third-order valence-corrected chi connectivity index (χ3v) is 6.13. The Balaban J connectivity index is 1.49. The van der Waals surface area contributed by atoms with E-state index in [-0.39, 0.29) is 12.2 Å². The van der Waals surface area contributed by atoms with Crippen LogP contribution in [0.2, 0.25) is 0 Å². The van der Waals surface area contributed by atoms with Crippen molar-refractivity contribution in [2.45, 2.75) is 6.04 Å². The molecule has 180 valence electrons. The van der Waals surface area contributed by atoms with Crippen LogP contribution in [0.15, 0.2) is 90.6 Å². The van der Waals surface area contributed by atoms with E-state index in [0.717, 1.165) is 44.3 Å². The summed E-state index contributed by atoms with van der Waals surface area (Å²) < 4.78 is 11.5. The quantitative estimate of drug-likeness (QED) is 0.268. The number of benzene rings is 3. The second-order valence-corrected chi connectivity index (χ2v) is 8.40. The van der Waals surface area contributed by atoms with Crippen LogP contribution in [0.5, 0.6) is 11.6 Å². The van der Waals surface area contributed by atoms with Gasteiger partial charge in [-0.1, -0.05) is 54.6 Å². The molecule has 5 rings (SSSR count). The van der Waals surface area contributed by atoms with Gasteiger partial charge in [-0.15, -0.1) is 0 Å². The van der Waals surface area contributed by atoms with Gasteiger partial charge in [0.2, 0.25) is 5.88 Å². The molecule has 1 atom stereocenters. The number of carbonyl (C=O) groups is 1. The number of nitrogens with two attached hydrogens (primary N) is 1. The number of hydrogen-bond acceptors (Lipinski definition) is 5. The van der Waals surface area contributed by atoms with Gasteiger partial charge in [0.1, 0.15) is 12.4 Å². The average molecular weight is 480 g/mol. The summed E-state index contributed by atoms with van der Waals surface area (Å²) in [5.74, 6) is 0.250. The Bertz CT molecular complexity index is 1550. The number of nitrogens with zero attached hydrogens (tertiary/aromatic N) is 1. The molecule has 0 spiro atoms. The summed E-state index contributed by atoms with van der Waals surface area (Å²) in [6, 6.07) is 23.9. The molecule has 0 amide bonds. The van der Waals surface area contributed by atoms with Gasteiger partial charge in [0.05, 0.1) is 24.2 Å². The molecule has 0 aliphatic carbocycles. The largest absolute Gasteiger partial charge is 0.487 e. The maximum absolute atomic E-state index is 11.2. The predicted octanol–water partition coefficient (Wildman–Crippen LogP) is 5.59. The number of ether oxygens (including phenoxy) is 2. The minimum absolute atomic E-state index is 0.221. The third-order valence-electron chi connectivity index (χ3n) is 6.13. The highest BCUT2D eigenvalue weighted by Crippen LogP contribution is 2.32. The smallest absolute Gasteiger partial charge is 0.335 e. The van der Waals surface area contributed by atoms with Gasteiger partial charge in [-0.2, -0.15) is 0 Å². The summed E-state index contributed by atoms with van der Waals surface area (Å²) >= 11 is 0. The molecular weight excluding hydrogens is 454 g/mol. The number of hydrogen-bond donors (Lipinski definition) is 3. The van der Waals surface area contributed by atoms with Crippen molar-refractivity contribution in [2.24, 2.45) is 5.73 Å². The van der Waals surface area contributed by atoms with Crippen molar-refractivity contribution >= 4 is 33.9 Å². The molecule has 4 N–H and O–H groups in total. The van der Waals surface area contributed by atoms with Crippen LogP contribution in [0, 0.1) is 0 Å². The van der Waals surface area contributed by atoms with Crippen LogP contribution in [0.1, 0.15) is 27.5 Å². The number of carboxylic acid groups (broad SMARTS) is 1. The summed E-state index contributed by atoms with van der Waals surface area (Å²) in [7, 11) is 1.56. The van der Waals surface area contributed by atoms with E-state index in [1.165, 1.54) is 0 Å². The number of para-hydroxylation sites is 2. The zero-order valence-corrected chi connectivity index (χ0v) is 19.6. The first-order chi connectivity index (χ1) is 17.5. The summed E-state index contributed by atoms with van der Waals surface area (Å²) in [4.78, 5) is 19.0. The number of aromatic carboxylic acids is 1. The van der Waals surface area contributed by atoms with Gasteiger partial charge >= 0.3 is 5.97 Å². The molecule has 2 aromatic heterocycles. The molecule has 3 aromatic carbocycles. The number of nitrogens with one attached hydrogen (secondary N) is 1. The summed E-state index contributed by atoms with van der Waals surface area (Å²) in [5, 5.41) is 11.4. The normalized spacial score (nSPS) is 12.6. The Morgan fingerprint density at radius 1 is 1.03 bits per heavy atom. The zero-order chi connectivity index (χ0) is 25.1. The van der Waals surface area contributed by atoms with E-state index >= 15 is 0 Å². The molecule has 0 bridgehead atoms. The Morgan fingerprint density at radius 2 is 1.81 bits per heavy atom. The van der Waals surface area contributed by atoms with Gasteiger partial charge in [0.25, 0.3) is 0 Å². The lowest BCUT2D eigenvalue weighted by Crippen LogP contribution is -2.18. The lowest BCUT2D eigenvalue weighted by molar-refractivity contribution is 0.0697. The van der Waals surface area contributed by atoms with E-state index in [2.05, 4.69) is 22.1 Å². The van der Waals surface area contributed by atoms with E-state index < -0.39 is 12.0 Å². The van der Waals surface area contributed by atoms with Gasteiger partial charge in [0.15, 0.2) is 0 Å². The first-order valence-corrected chi connectivity index (χ1v) is 11.4. The third kappa shape index (κ3) is 4.64. The van der Waals surface area contributed by atoms with Crippen LogP contribution in [0.3, 0.4) is 0 Å². The summed E-state index contributed by atoms with van der Waals surface area (Å²) in [6.45, 7) is 0.225. The second-order valence-electron chi connectivity index (χ2n) is 8.40. The Labute approximate surface area is 207 Å². The number of rotatable bonds is 8. The SMILES string of the molecule is COc1ccc(C(N)/C(=C\c2ccc(C(=O)O)cc2)COc2cccc3c2[nH]c2ccccc23)cn1. The van der Waals surface area contributed by atoms with Gasteiger partial charge in [0, 0.05) is 28.6 Å². The number of aromatic nitrogens is 2. The topological polar surface area (TPSA) is 110 Å². The van der Waals surface area contributed by atoms with Crippen molar-refractivity contribution in [3.05, 3.63) is 107 Å². The van der Waals surface area contributed by atoms with Gasteiger partial charge in [-0.3, -0.25) is 0 Å². The molecule has 2 heterocycles. The van der Waals surface area contributed by atoms with Crippen molar-refractivity contribution in [1.82, 2.24) is 9.97 Å². The second kappa shape index (κ2) is 9.93. The van der Waals surface area contributed by atoms with Crippen LogP contribution in [-0.4, -0.2) is 34.8 Å². The Morgan fingerprint density at radius 3 is 2.53 bits per heavy atom.